The van der Waals surface area contributed by atoms with Gasteiger partial charge in [-0.25, -0.2) is 9.78 Å². The second kappa shape index (κ2) is 6.11. The Morgan fingerprint density at radius 3 is 2.94 bits per heavy atom. The van der Waals surface area contributed by atoms with E-state index in [2.05, 4.69) is 20.9 Å². The highest BCUT2D eigenvalue weighted by Gasteiger charge is 2.12. The first-order chi connectivity index (χ1) is 8.70. The molecule has 0 aliphatic rings. The van der Waals surface area contributed by atoms with Crippen molar-refractivity contribution in [1.82, 2.24) is 4.98 Å². The Hall–Kier alpha value is -1.20. The van der Waals surface area contributed by atoms with Crippen LogP contribution in [0.3, 0.4) is 0 Å². The molecule has 1 aromatic carbocycles. The Kier molecular flexibility index (Phi) is 4.49. The Morgan fingerprint density at radius 1 is 1.44 bits per heavy atom. The molecule has 5 heteroatoms. The molecule has 0 N–H and O–H groups in total. The van der Waals surface area contributed by atoms with E-state index in [-0.39, 0.29) is 5.97 Å². The first kappa shape index (κ1) is 13.2. The lowest BCUT2D eigenvalue weighted by atomic mass is 10.2. The number of thiazole rings is 1. The highest BCUT2D eigenvalue weighted by Crippen LogP contribution is 2.21. The van der Waals surface area contributed by atoms with Crippen LogP contribution in [0, 0.1) is 0 Å². The summed E-state index contributed by atoms with van der Waals surface area (Å²) in [6.45, 7) is 2.15. The van der Waals surface area contributed by atoms with Gasteiger partial charge < -0.3 is 4.74 Å². The first-order valence-corrected chi connectivity index (χ1v) is 7.23. The van der Waals surface area contributed by atoms with Crippen molar-refractivity contribution in [1.29, 1.82) is 0 Å². The molecule has 0 saturated heterocycles. The number of benzene rings is 1. The van der Waals surface area contributed by atoms with Crippen LogP contribution in [-0.2, 0) is 11.2 Å². The summed E-state index contributed by atoms with van der Waals surface area (Å²) in [6, 6.07) is 7.99. The zero-order valence-electron chi connectivity index (χ0n) is 9.85. The number of carbonyl (C=O) groups excluding carboxylic acids is 1. The minimum atomic E-state index is -0.355. The maximum absolute atomic E-state index is 11.5. The molecule has 2 aromatic rings. The van der Waals surface area contributed by atoms with Gasteiger partial charge in [0.2, 0.25) is 0 Å². The molecule has 0 aliphatic carbocycles. The minimum Gasteiger partial charge on any atom is -0.461 e. The van der Waals surface area contributed by atoms with Crippen LogP contribution < -0.4 is 0 Å². The molecule has 0 unspecified atom stereocenters. The Balaban J connectivity index is 2.12. The molecule has 94 valence electrons. The molecule has 2 rings (SSSR count). The number of esters is 1. The fraction of sp³-hybridized carbons (Fsp3) is 0.231. The van der Waals surface area contributed by atoms with E-state index >= 15 is 0 Å². The van der Waals surface area contributed by atoms with Crippen LogP contribution >= 0.6 is 27.3 Å². The highest BCUT2D eigenvalue weighted by atomic mass is 79.9. The zero-order valence-corrected chi connectivity index (χ0v) is 12.3. The molecule has 3 nitrogen and oxygen atoms in total. The van der Waals surface area contributed by atoms with Crippen LogP contribution in [0.1, 0.15) is 28.0 Å². The van der Waals surface area contributed by atoms with E-state index in [1.165, 1.54) is 11.3 Å². The van der Waals surface area contributed by atoms with Crippen molar-refractivity contribution in [3.8, 4) is 0 Å². The summed E-state index contributed by atoms with van der Waals surface area (Å²) in [4.78, 5) is 15.8. The monoisotopic (exact) mass is 325 g/mol. The van der Waals surface area contributed by atoms with Gasteiger partial charge >= 0.3 is 5.97 Å². The fourth-order valence-electron chi connectivity index (χ4n) is 1.50. The fourth-order valence-corrected chi connectivity index (χ4v) is 2.71. The lowest BCUT2D eigenvalue weighted by Gasteiger charge is -2.00. The van der Waals surface area contributed by atoms with Gasteiger partial charge in [-0.3, -0.25) is 0 Å². The van der Waals surface area contributed by atoms with Gasteiger partial charge in [0.1, 0.15) is 0 Å². The molecule has 1 heterocycles. The first-order valence-electron chi connectivity index (χ1n) is 5.55. The normalized spacial score (nSPS) is 10.3. The van der Waals surface area contributed by atoms with E-state index in [0.29, 0.717) is 18.7 Å². The van der Waals surface area contributed by atoms with Crippen molar-refractivity contribution in [3.05, 3.63) is 50.4 Å². The van der Waals surface area contributed by atoms with Gasteiger partial charge in [-0.15, -0.1) is 11.3 Å². The lowest BCUT2D eigenvalue weighted by Crippen LogP contribution is -2.05. The third-order valence-corrected chi connectivity index (χ3v) is 3.96. The summed E-state index contributed by atoms with van der Waals surface area (Å²) in [6.07, 6.45) is 0.714. The average Bonchev–Trinajstić information content (AvgIpc) is 2.81. The molecule has 0 amide bonds. The van der Waals surface area contributed by atoms with Crippen molar-refractivity contribution in [2.45, 2.75) is 13.3 Å². The van der Waals surface area contributed by atoms with E-state index < -0.39 is 0 Å². The number of halogens is 1. The molecule has 0 radical (unpaired) electrons. The van der Waals surface area contributed by atoms with Gasteiger partial charge in [0.25, 0.3) is 0 Å². The number of carbonyl (C=O) groups is 1. The molecule has 0 fully saturated rings. The highest BCUT2D eigenvalue weighted by molar-refractivity contribution is 9.10. The van der Waals surface area contributed by atoms with E-state index in [1.807, 2.05) is 24.3 Å². The number of rotatable bonds is 4. The smallest absolute Gasteiger partial charge is 0.357 e. The second-order valence-electron chi connectivity index (χ2n) is 3.62. The Morgan fingerprint density at radius 2 is 2.22 bits per heavy atom. The molecule has 18 heavy (non-hydrogen) atoms. The van der Waals surface area contributed by atoms with E-state index in [9.17, 15) is 4.79 Å². The Labute approximate surface area is 118 Å². The van der Waals surface area contributed by atoms with Crippen molar-refractivity contribution in [2.24, 2.45) is 0 Å². The predicted octanol–water partition coefficient (Wildman–Crippen LogP) is 3.67. The molecule has 0 atom stereocenters. The molecule has 1 aromatic heterocycles. The third-order valence-electron chi connectivity index (χ3n) is 2.34. The van der Waals surface area contributed by atoms with Crippen molar-refractivity contribution in [3.63, 3.8) is 0 Å². The lowest BCUT2D eigenvalue weighted by molar-refractivity contribution is 0.0520. The van der Waals surface area contributed by atoms with Gasteiger partial charge in [-0.1, -0.05) is 34.1 Å². The van der Waals surface area contributed by atoms with Crippen LogP contribution in [0.5, 0.6) is 0 Å². The largest absolute Gasteiger partial charge is 0.461 e. The maximum Gasteiger partial charge on any atom is 0.357 e. The van der Waals surface area contributed by atoms with Crippen molar-refractivity contribution < 1.29 is 9.53 Å². The molecule has 0 aliphatic heterocycles. The number of hydrogen-bond donors (Lipinski definition) is 0. The van der Waals surface area contributed by atoms with Gasteiger partial charge in [0, 0.05) is 16.3 Å². The summed E-state index contributed by atoms with van der Waals surface area (Å²) in [5.74, 6) is -0.355. The molecule has 0 saturated carbocycles. The van der Waals surface area contributed by atoms with Gasteiger partial charge in [-0.2, -0.15) is 0 Å². The third kappa shape index (κ3) is 3.17. The van der Waals surface area contributed by atoms with Crippen LogP contribution in [-0.4, -0.2) is 17.6 Å². The number of ether oxygens (including phenoxy) is 1. The van der Waals surface area contributed by atoms with Gasteiger partial charge in [0.15, 0.2) is 5.69 Å². The number of hydrogen-bond acceptors (Lipinski definition) is 4. The zero-order chi connectivity index (χ0) is 13.0. The van der Waals surface area contributed by atoms with Crippen molar-refractivity contribution >= 4 is 33.2 Å². The Bertz CT molecular complexity index is 553. The summed E-state index contributed by atoms with van der Waals surface area (Å²) in [5.41, 5.74) is 1.55. The minimum absolute atomic E-state index is 0.355. The maximum atomic E-state index is 11.5. The van der Waals surface area contributed by atoms with Crippen LogP contribution in [0.4, 0.5) is 0 Å². The van der Waals surface area contributed by atoms with Gasteiger partial charge in [-0.05, 0) is 18.6 Å². The second-order valence-corrected chi connectivity index (χ2v) is 5.41. The van der Waals surface area contributed by atoms with Crippen LogP contribution in [0.2, 0.25) is 0 Å². The van der Waals surface area contributed by atoms with Crippen molar-refractivity contribution in [2.75, 3.05) is 6.61 Å². The average molecular weight is 326 g/mol. The topological polar surface area (TPSA) is 39.2 Å². The quantitative estimate of drug-likeness (QED) is 0.805. The van der Waals surface area contributed by atoms with Crippen LogP contribution in [0.25, 0.3) is 0 Å². The summed E-state index contributed by atoms with van der Waals surface area (Å²) in [7, 11) is 0. The summed E-state index contributed by atoms with van der Waals surface area (Å²) < 4.78 is 5.96. The molecule has 0 spiro atoms. The van der Waals surface area contributed by atoms with E-state index in [4.69, 9.17) is 4.74 Å². The summed E-state index contributed by atoms with van der Waals surface area (Å²) >= 11 is 4.97. The van der Waals surface area contributed by atoms with E-state index in [0.717, 1.165) is 15.0 Å². The van der Waals surface area contributed by atoms with E-state index in [1.54, 1.807) is 12.3 Å². The standard InChI is InChI=1S/C13H12BrNO2S/c1-2-17-13(16)11-8-18-12(15-11)7-9-5-3-4-6-10(9)14/h3-6,8H,2,7H2,1H3. The predicted molar refractivity (Wildman–Crippen MR) is 75.0 cm³/mol. The number of aromatic nitrogens is 1. The SMILES string of the molecule is CCOC(=O)c1csc(Cc2ccccc2Br)n1. The summed E-state index contributed by atoms with van der Waals surface area (Å²) in [5, 5.41) is 2.65. The van der Waals surface area contributed by atoms with Gasteiger partial charge in [0.05, 0.1) is 11.6 Å². The number of nitrogens with zero attached hydrogens (tertiary/aromatic N) is 1. The molecular weight excluding hydrogens is 314 g/mol. The van der Waals surface area contributed by atoms with Crippen LogP contribution in [0.15, 0.2) is 34.1 Å². The molecule has 0 bridgehead atoms. The molecular formula is C13H12BrNO2S.